The average Bonchev–Trinajstić information content (AvgIpc) is 3.39. The van der Waals surface area contributed by atoms with E-state index in [1.807, 2.05) is 0 Å². The molecule has 6 aliphatic rings. The monoisotopic (exact) mass is 603 g/mol. The largest absolute Gasteiger partial charge is 0.455 e. The molecule has 1 unspecified atom stereocenters. The van der Waals surface area contributed by atoms with Crippen molar-refractivity contribution in [3.63, 3.8) is 0 Å². The van der Waals surface area contributed by atoms with Crippen LogP contribution in [0.25, 0.3) is 0 Å². The highest BCUT2D eigenvalue weighted by Gasteiger charge is 2.91. The highest BCUT2D eigenvalue weighted by atomic mass is 16.6. The second kappa shape index (κ2) is 9.91. The quantitative estimate of drug-likeness (QED) is 0.300. The van der Waals surface area contributed by atoms with Gasteiger partial charge in [0.25, 0.3) is 0 Å². The predicted molar refractivity (Wildman–Crippen MR) is 151 cm³/mol. The molecule has 7 bridgehead atoms. The summed E-state index contributed by atoms with van der Waals surface area (Å²) in [5.41, 5.74) is -4.81. The molecule has 11 nitrogen and oxygen atoms in total. The van der Waals surface area contributed by atoms with Crippen LogP contribution in [0.5, 0.6) is 0 Å². The smallest absolute Gasteiger partial charge is 0.338 e. The lowest BCUT2D eigenvalue weighted by Crippen LogP contribution is -2.81. The number of benzene rings is 1. The predicted octanol–water partition coefficient (Wildman–Crippen LogP) is 0.0773. The maximum Gasteiger partial charge on any atom is 0.338 e. The Bertz CT molecular complexity index is 1250. The summed E-state index contributed by atoms with van der Waals surface area (Å²) in [6.45, 7) is 3.46. The standard InChI is InChI=1S/C32H45NO10/c1-6-33-14-29(15-39-2)18(34)12-19(40-3)31-17-13-30(37)26(43-28(36)16-10-8-7-9-11-16)20(17)32(38,25(35)27(30)42-5)21(24(31)33)22(41-4)23(29)31/h7-11,17-27,34-35,37-38H,6,12-15H2,1-5H3/t17-,18-,19+,20+,21+,22+,23+,24?,25+,26-,27-,29+,30-,31+,32-/m1/s1. The van der Waals surface area contributed by atoms with Crippen LogP contribution < -0.4 is 0 Å². The van der Waals surface area contributed by atoms with Gasteiger partial charge in [0, 0.05) is 76.0 Å². The minimum atomic E-state index is -1.86. The summed E-state index contributed by atoms with van der Waals surface area (Å²) < 4.78 is 30.5. The first-order valence-electron chi connectivity index (χ1n) is 15.5. The fraction of sp³-hybridized carbons (Fsp3) is 0.781. The van der Waals surface area contributed by atoms with Crippen molar-refractivity contribution in [2.24, 2.45) is 34.5 Å². The molecule has 0 aromatic heterocycles. The fourth-order valence-corrected chi connectivity index (χ4v) is 11.9. The molecule has 1 aliphatic heterocycles. The van der Waals surface area contributed by atoms with Crippen LogP contribution in [-0.4, -0.2) is 133 Å². The Morgan fingerprint density at radius 1 is 1.00 bits per heavy atom. The van der Waals surface area contributed by atoms with Gasteiger partial charge < -0.3 is 44.1 Å². The summed E-state index contributed by atoms with van der Waals surface area (Å²) in [5, 5.41) is 49.7. The SMILES string of the molecule is CCN1C[C@]2(COC)[C@H](O)C[C@H](OC)[C@]34C1[C@H]([C@H](OC)[C@@H]23)[C@]1(O)[C@@H]2[C@@H](OC(=O)c3ccccc3)[C@](O)(C[C@H]24)[C@H](OC)[C@@H]1O. The Morgan fingerprint density at radius 3 is 2.33 bits per heavy atom. The molecule has 238 valence electrons. The first kappa shape index (κ1) is 30.0. The van der Waals surface area contributed by atoms with Crippen molar-refractivity contribution in [3.05, 3.63) is 35.9 Å². The van der Waals surface area contributed by atoms with Crippen molar-refractivity contribution in [1.29, 1.82) is 0 Å². The van der Waals surface area contributed by atoms with E-state index in [1.54, 1.807) is 51.7 Å². The minimum absolute atomic E-state index is 0.106. The molecule has 5 aliphatic carbocycles. The van der Waals surface area contributed by atoms with Crippen molar-refractivity contribution in [2.45, 2.75) is 73.6 Å². The van der Waals surface area contributed by atoms with E-state index in [0.717, 1.165) is 0 Å². The van der Waals surface area contributed by atoms with Gasteiger partial charge in [-0.1, -0.05) is 25.1 Å². The Hall–Kier alpha value is -1.67. The number of aliphatic hydroxyl groups is 4. The van der Waals surface area contributed by atoms with Gasteiger partial charge in [-0.05, 0) is 31.0 Å². The van der Waals surface area contributed by atoms with Crippen molar-refractivity contribution >= 4 is 5.97 Å². The number of likely N-dealkylation sites (tertiary alicyclic amines) is 1. The van der Waals surface area contributed by atoms with E-state index in [-0.39, 0.29) is 25.0 Å². The molecular weight excluding hydrogens is 558 g/mol. The van der Waals surface area contributed by atoms with Crippen molar-refractivity contribution in [2.75, 3.05) is 48.1 Å². The number of rotatable bonds is 8. The van der Waals surface area contributed by atoms with Crippen molar-refractivity contribution in [3.8, 4) is 0 Å². The van der Waals surface area contributed by atoms with Gasteiger partial charge in [-0.2, -0.15) is 0 Å². The zero-order valence-corrected chi connectivity index (χ0v) is 25.5. The third kappa shape index (κ3) is 3.28. The number of carbonyl (C=O) groups excluding carboxylic acids is 1. The summed E-state index contributed by atoms with van der Waals surface area (Å²) in [6.07, 6.45) is -5.27. The summed E-state index contributed by atoms with van der Waals surface area (Å²) in [6, 6.07) is 8.25. The third-order valence-corrected chi connectivity index (χ3v) is 12.9. The number of carbonyl (C=O) groups is 1. The van der Waals surface area contributed by atoms with Crippen LogP contribution in [0.1, 0.15) is 30.1 Å². The molecule has 43 heavy (non-hydrogen) atoms. The maximum absolute atomic E-state index is 13.6. The van der Waals surface area contributed by atoms with E-state index < -0.39 is 82.4 Å². The van der Waals surface area contributed by atoms with Gasteiger partial charge in [0.1, 0.15) is 29.5 Å². The Labute approximate surface area is 252 Å². The zero-order chi connectivity index (χ0) is 30.7. The zero-order valence-electron chi connectivity index (χ0n) is 25.5. The molecular formula is C32H45NO10. The number of ether oxygens (including phenoxy) is 5. The van der Waals surface area contributed by atoms with E-state index in [9.17, 15) is 25.2 Å². The summed E-state index contributed by atoms with van der Waals surface area (Å²) in [7, 11) is 6.29. The summed E-state index contributed by atoms with van der Waals surface area (Å²) >= 11 is 0. The van der Waals surface area contributed by atoms with Gasteiger partial charge in [0.05, 0.1) is 30.5 Å². The molecule has 0 radical (unpaired) electrons. The highest BCUT2D eigenvalue weighted by Crippen LogP contribution is 2.80. The van der Waals surface area contributed by atoms with Crippen LogP contribution in [0, 0.1) is 34.5 Å². The Morgan fingerprint density at radius 2 is 1.72 bits per heavy atom. The van der Waals surface area contributed by atoms with E-state index in [0.29, 0.717) is 25.1 Å². The maximum atomic E-state index is 13.6. The van der Waals surface area contributed by atoms with Crippen molar-refractivity contribution < 1.29 is 48.9 Å². The van der Waals surface area contributed by atoms with Crippen LogP contribution in [0.4, 0.5) is 0 Å². The van der Waals surface area contributed by atoms with Crippen molar-refractivity contribution in [1.82, 2.24) is 4.90 Å². The minimum Gasteiger partial charge on any atom is -0.455 e. The Kier molecular flexibility index (Phi) is 6.92. The molecule has 1 saturated heterocycles. The first-order valence-corrected chi connectivity index (χ1v) is 15.5. The topological polar surface area (TPSA) is 147 Å². The molecule has 1 spiro atoms. The molecule has 5 saturated carbocycles. The number of piperidine rings is 1. The number of hydrogen-bond acceptors (Lipinski definition) is 11. The van der Waals surface area contributed by atoms with E-state index in [1.165, 1.54) is 7.11 Å². The highest BCUT2D eigenvalue weighted by molar-refractivity contribution is 5.89. The normalized spacial score (nSPS) is 52.7. The molecule has 1 aromatic rings. The lowest BCUT2D eigenvalue weighted by molar-refractivity contribution is -0.320. The van der Waals surface area contributed by atoms with Crippen LogP contribution in [0.2, 0.25) is 0 Å². The second-order valence-electron chi connectivity index (χ2n) is 13.9. The van der Waals surface area contributed by atoms with Gasteiger partial charge in [-0.25, -0.2) is 4.79 Å². The molecule has 1 heterocycles. The number of fused-ring (bicyclic) bond motifs is 2. The lowest BCUT2D eigenvalue weighted by atomic mass is 9.42. The van der Waals surface area contributed by atoms with E-state index in [4.69, 9.17) is 23.7 Å². The van der Waals surface area contributed by atoms with Crippen LogP contribution in [0.3, 0.4) is 0 Å². The molecule has 0 amide bonds. The number of methoxy groups -OCH3 is 4. The number of esters is 1. The van der Waals surface area contributed by atoms with Gasteiger partial charge in [0.15, 0.2) is 0 Å². The number of hydrogen-bond donors (Lipinski definition) is 4. The van der Waals surface area contributed by atoms with Crippen LogP contribution >= 0.6 is 0 Å². The average molecular weight is 604 g/mol. The third-order valence-electron chi connectivity index (χ3n) is 12.9. The fourth-order valence-electron chi connectivity index (χ4n) is 11.9. The van der Waals surface area contributed by atoms with Crippen LogP contribution in [-0.2, 0) is 23.7 Å². The van der Waals surface area contributed by atoms with Gasteiger partial charge >= 0.3 is 5.97 Å². The molecule has 11 heteroatoms. The number of nitrogens with zero attached hydrogens (tertiary/aromatic N) is 1. The van der Waals surface area contributed by atoms with E-state index >= 15 is 0 Å². The molecule has 4 N–H and O–H groups in total. The molecule has 7 rings (SSSR count). The molecule has 15 atom stereocenters. The van der Waals surface area contributed by atoms with Crippen LogP contribution in [0.15, 0.2) is 30.3 Å². The molecule has 6 fully saturated rings. The van der Waals surface area contributed by atoms with Gasteiger partial charge in [0.2, 0.25) is 0 Å². The molecule has 1 aromatic carbocycles. The van der Waals surface area contributed by atoms with Gasteiger partial charge in [-0.15, -0.1) is 0 Å². The first-order chi connectivity index (χ1) is 20.6. The van der Waals surface area contributed by atoms with E-state index in [2.05, 4.69) is 11.8 Å². The Balaban J connectivity index is 1.48. The number of aliphatic hydroxyl groups excluding tert-OH is 2. The summed E-state index contributed by atoms with van der Waals surface area (Å²) in [4.78, 5) is 15.8. The van der Waals surface area contributed by atoms with Gasteiger partial charge in [-0.3, -0.25) is 4.90 Å². The second-order valence-corrected chi connectivity index (χ2v) is 13.9. The summed E-state index contributed by atoms with van der Waals surface area (Å²) in [5.74, 6) is -2.94. The lowest BCUT2D eigenvalue weighted by Gasteiger charge is -2.70.